The molecule has 1 N–H and O–H groups in total. The van der Waals surface area contributed by atoms with Crippen LogP contribution in [-0.2, 0) is 11.2 Å². The van der Waals surface area contributed by atoms with Gasteiger partial charge in [-0.3, -0.25) is 9.59 Å². The molecule has 0 amide bonds. The standard InChI is InChI=1S/C12H10BrF3O4/c1-6(13)11(19)10-7(5-9(17)18)3-2-4-8(10)20-12(14,15)16/h2-4,6H,5H2,1H3,(H,17,18). The first kappa shape index (κ1) is 16.5. The molecule has 1 unspecified atom stereocenters. The molecule has 0 aliphatic heterocycles. The lowest BCUT2D eigenvalue weighted by Gasteiger charge is -2.16. The third-order valence-electron chi connectivity index (χ3n) is 2.29. The summed E-state index contributed by atoms with van der Waals surface area (Å²) >= 11 is 2.96. The number of alkyl halides is 4. The second-order valence-electron chi connectivity index (χ2n) is 3.89. The highest BCUT2D eigenvalue weighted by molar-refractivity contribution is 9.10. The summed E-state index contributed by atoms with van der Waals surface area (Å²) in [6.07, 6.45) is -5.54. The minimum absolute atomic E-state index is 0.0319. The van der Waals surface area contributed by atoms with E-state index < -0.39 is 35.1 Å². The number of hydrogen-bond acceptors (Lipinski definition) is 3. The van der Waals surface area contributed by atoms with E-state index >= 15 is 0 Å². The predicted molar refractivity (Wildman–Crippen MR) is 67.2 cm³/mol. The van der Waals surface area contributed by atoms with Crippen molar-refractivity contribution in [2.45, 2.75) is 24.5 Å². The molecule has 1 rings (SSSR count). The number of ether oxygens (including phenoxy) is 1. The third-order valence-corrected chi connectivity index (χ3v) is 2.70. The van der Waals surface area contributed by atoms with Crippen LogP contribution in [-0.4, -0.2) is 28.0 Å². The van der Waals surface area contributed by atoms with E-state index in [4.69, 9.17) is 5.11 Å². The van der Waals surface area contributed by atoms with Crippen molar-refractivity contribution < 1.29 is 32.6 Å². The molecular formula is C12H10BrF3O4. The van der Waals surface area contributed by atoms with Crippen LogP contribution in [0.3, 0.4) is 0 Å². The number of carbonyl (C=O) groups excluding carboxylic acids is 1. The summed E-state index contributed by atoms with van der Waals surface area (Å²) in [5, 5.41) is 8.75. The van der Waals surface area contributed by atoms with Gasteiger partial charge in [0.05, 0.1) is 16.8 Å². The Hall–Kier alpha value is -1.57. The van der Waals surface area contributed by atoms with Crippen LogP contribution in [0.5, 0.6) is 5.75 Å². The Bertz CT molecular complexity index is 526. The molecule has 0 saturated heterocycles. The van der Waals surface area contributed by atoms with Crippen LogP contribution in [0.4, 0.5) is 13.2 Å². The van der Waals surface area contributed by atoms with E-state index in [2.05, 4.69) is 20.7 Å². The molecule has 4 nitrogen and oxygen atoms in total. The molecule has 110 valence electrons. The highest BCUT2D eigenvalue weighted by Gasteiger charge is 2.34. The van der Waals surface area contributed by atoms with Gasteiger partial charge in [-0.2, -0.15) is 0 Å². The molecule has 20 heavy (non-hydrogen) atoms. The van der Waals surface area contributed by atoms with Crippen LogP contribution >= 0.6 is 15.9 Å². The number of carbonyl (C=O) groups is 2. The fraction of sp³-hybridized carbons (Fsp3) is 0.333. The van der Waals surface area contributed by atoms with Gasteiger partial charge < -0.3 is 9.84 Å². The number of carboxylic acids is 1. The fourth-order valence-corrected chi connectivity index (χ4v) is 1.80. The zero-order valence-corrected chi connectivity index (χ0v) is 11.8. The maximum atomic E-state index is 12.3. The number of carboxylic acid groups (broad SMARTS) is 1. The van der Waals surface area contributed by atoms with Gasteiger partial charge in [-0.15, -0.1) is 13.2 Å². The van der Waals surface area contributed by atoms with E-state index in [1.54, 1.807) is 0 Å². The maximum absolute atomic E-state index is 12.3. The largest absolute Gasteiger partial charge is 0.573 e. The zero-order chi connectivity index (χ0) is 15.5. The monoisotopic (exact) mass is 354 g/mol. The lowest BCUT2D eigenvalue weighted by atomic mass is 9.98. The summed E-state index contributed by atoms with van der Waals surface area (Å²) in [5.41, 5.74) is -0.410. The van der Waals surface area contributed by atoms with Crippen LogP contribution < -0.4 is 4.74 Å². The van der Waals surface area contributed by atoms with Gasteiger partial charge in [-0.1, -0.05) is 28.1 Å². The molecule has 0 spiro atoms. The summed E-state index contributed by atoms with van der Waals surface area (Å²) in [4.78, 5) is 21.9. The third kappa shape index (κ3) is 4.52. The lowest BCUT2D eigenvalue weighted by molar-refractivity contribution is -0.274. The van der Waals surface area contributed by atoms with Gasteiger partial charge in [0.1, 0.15) is 5.75 Å². The van der Waals surface area contributed by atoms with Crippen molar-refractivity contribution >= 4 is 27.7 Å². The number of benzene rings is 1. The second-order valence-corrected chi connectivity index (χ2v) is 5.26. The molecule has 1 aromatic rings. The molecule has 0 bridgehead atoms. The van der Waals surface area contributed by atoms with Crippen molar-refractivity contribution in [1.82, 2.24) is 0 Å². The Morgan fingerprint density at radius 1 is 1.40 bits per heavy atom. The average Bonchev–Trinajstić information content (AvgIpc) is 2.25. The molecule has 0 heterocycles. The lowest BCUT2D eigenvalue weighted by Crippen LogP contribution is -2.22. The summed E-state index contributed by atoms with van der Waals surface area (Å²) in [7, 11) is 0. The fourth-order valence-electron chi connectivity index (χ4n) is 1.58. The van der Waals surface area contributed by atoms with E-state index in [0.29, 0.717) is 0 Å². The molecule has 0 aliphatic carbocycles. The van der Waals surface area contributed by atoms with Gasteiger partial charge in [-0.25, -0.2) is 0 Å². The molecule has 0 aromatic heterocycles. The Morgan fingerprint density at radius 2 is 2.00 bits per heavy atom. The SMILES string of the molecule is CC(Br)C(=O)c1c(CC(=O)O)cccc1OC(F)(F)F. The summed E-state index contributed by atoms with van der Waals surface area (Å²) in [5.74, 6) is -2.64. The van der Waals surface area contributed by atoms with Gasteiger partial charge >= 0.3 is 12.3 Å². The summed E-state index contributed by atoms with van der Waals surface area (Å²) in [6.45, 7) is 1.43. The Labute approximate surface area is 120 Å². The second kappa shape index (κ2) is 6.25. The number of rotatable bonds is 5. The van der Waals surface area contributed by atoms with Crippen molar-refractivity contribution in [3.63, 3.8) is 0 Å². The van der Waals surface area contributed by atoms with E-state index in [1.165, 1.54) is 19.1 Å². The van der Waals surface area contributed by atoms with E-state index in [0.717, 1.165) is 6.07 Å². The molecule has 0 saturated carbocycles. The van der Waals surface area contributed by atoms with Gasteiger partial charge in [0.25, 0.3) is 0 Å². The number of ketones is 1. The van der Waals surface area contributed by atoms with Gasteiger partial charge in [0.15, 0.2) is 5.78 Å². The van der Waals surface area contributed by atoms with Crippen molar-refractivity contribution in [2.24, 2.45) is 0 Å². The van der Waals surface area contributed by atoms with E-state index in [1.807, 2.05) is 0 Å². The first-order valence-corrected chi connectivity index (χ1v) is 6.31. The van der Waals surface area contributed by atoms with Crippen molar-refractivity contribution in [1.29, 1.82) is 0 Å². The predicted octanol–water partition coefficient (Wildman–Crippen LogP) is 3.18. The number of hydrogen-bond donors (Lipinski definition) is 1. The zero-order valence-electron chi connectivity index (χ0n) is 10.2. The molecular weight excluding hydrogens is 345 g/mol. The van der Waals surface area contributed by atoms with E-state index in [9.17, 15) is 22.8 Å². The first-order valence-electron chi connectivity index (χ1n) is 5.39. The highest BCUT2D eigenvalue weighted by Crippen LogP contribution is 2.30. The number of Topliss-reactive ketones (excluding diaryl/α,β-unsaturated/α-hetero) is 1. The summed E-state index contributed by atoms with van der Waals surface area (Å²) < 4.78 is 40.7. The van der Waals surface area contributed by atoms with Crippen LogP contribution in [0.1, 0.15) is 22.8 Å². The molecule has 0 aliphatic rings. The molecule has 0 fully saturated rings. The summed E-state index contributed by atoms with van der Waals surface area (Å²) in [6, 6.07) is 3.45. The van der Waals surface area contributed by atoms with Crippen LogP contribution in [0.2, 0.25) is 0 Å². The minimum Gasteiger partial charge on any atom is -0.481 e. The maximum Gasteiger partial charge on any atom is 0.573 e. The number of halogens is 4. The van der Waals surface area contributed by atoms with Crippen molar-refractivity contribution in [3.8, 4) is 5.75 Å². The first-order chi connectivity index (χ1) is 9.11. The van der Waals surface area contributed by atoms with Crippen molar-refractivity contribution in [3.05, 3.63) is 29.3 Å². The Morgan fingerprint density at radius 3 is 2.45 bits per heavy atom. The van der Waals surface area contributed by atoms with Crippen LogP contribution in [0, 0.1) is 0 Å². The van der Waals surface area contributed by atoms with Gasteiger partial charge in [0.2, 0.25) is 0 Å². The molecule has 8 heteroatoms. The normalized spacial score (nSPS) is 12.8. The minimum atomic E-state index is -4.97. The quantitative estimate of drug-likeness (QED) is 0.651. The number of aliphatic carboxylic acids is 1. The van der Waals surface area contributed by atoms with E-state index in [-0.39, 0.29) is 11.1 Å². The topological polar surface area (TPSA) is 63.6 Å². The smallest absolute Gasteiger partial charge is 0.481 e. The molecule has 1 aromatic carbocycles. The van der Waals surface area contributed by atoms with Gasteiger partial charge in [0, 0.05) is 0 Å². The highest BCUT2D eigenvalue weighted by atomic mass is 79.9. The molecule has 1 atom stereocenters. The average molecular weight is 355 g/mol. The van der Waals surface area contributed by atoms with Crippen LogP contribution in [0.15, 0.2) is 18.2 Å². The van der Waals surface area contributed by atoms with Crippen LogP contribution in [0.25, 0.3) is 0 Å². The Kier molecular flexibility index (Phi) is 5.15. The van der Waals surface area contributed by atoms with Crippen molar-refractivity contribution in [2.75, 3.05) is 0 Å². The molecule has 0 radical (unpaired) electrons. The van der Waals surface area contributed by atoms with Gasteiger partial charge in [-0.05, 0) is 18.6 Å². The Balaban J connectivity index is 3.36.